The van der Waals surface area contributed by atoms with Gasteiger partial charge in [0.1, 0.15) is 18.0 Å². The van der Waals surface area contributed by atoms with Crippen molar-refractivity contribution in [2.24, 2.45) is 11.3 Å². The number of carbonyl (C=O) groups excluding carboxylic acids is 1. The van der Waals surface area contributed by atoms with Gasteiger partial charge in [0.05, 0.1) is 12.7 Å². The molecule has 0 aromatic rings. The Bertz CT molecular complexity index is 351. The van der Waals surface area contributed by atoms with Crippen molar-refractivity contribution >= 4 is 5.78 Å². The molecule has 0 spiro atoms. The highest BCUT2D eigenvalue weighted by Gasteiger charge is 2.42. The van der Waals surface area contributed by atoms with Crippen molar-refractivity contribution in [2.45, 2.75) is 77.5 Å². The van der Waals surface area contributed by atoms with Crippen LogP contribution in [0.2, 0.25) is 0 Å². The van der Waals surface area contributed by atoms with Crippen molar-refractivity contribution in [3.8, 4) is 0 Å². The van der Waals surface area contributed by atoms with Gasteiger partial charge in [-0.1, -0.05) is 33.6 Å². The number of hydrogen-bond acceptors (Lipinski definition) is 6. The maximum atomic E-state index is 11.8. The Kier molecular flexibility index (Phi) is 7.41. The van der Waals surface area contributed by atoms with Gasteiger partial charge in [-0.2, -0.15) is 0 Å². The minimum Gasteiger partial charge on any atom is -0.394 e. The molecule has 0 aliphatic carbocycles. The van der Waals surface area contributed by atoms with E-state index in [1.165, 1.54) is 0 Å². The van der Waals surface area contributed by atoms with Crippen molar-refractivity contribution in [3.05, 3.63) is 0 Å². The lowest BCUT2D eigenvalue weighted by atomic mass is 9.85. The maximum Gasteiger partial charge on any atom is 0.160 e. The second-order valence-corrected chi connectivity index (χ2v) is 7.17. The van der Waals surface area contributed by atoms with E-state index in [4.69, 9.17) is 9.84 Å². The van der Waals surface area contributed by atoms with Crippen molar-refractivity contribution in [1.29, 1.82) is 0 Å². The highest BCUT2D eigenvalue weighted by Crippen LogP contribution is 2.29. The van der Waals surface area contributed by atoms with Gasteiger partial charge in [0, 0.05) is 17.8 Å². The molecule has 0 amide bonds. The number of carbonyl (C=O) groups is 1. The van der Waals surface area contributed by atoms with Gasteiger partial charge in [-0.3, -0.25) is 4.79 Å². The van der Waals surface area contributed by atoms with E-state index in [0.29, 0.717) is 12.8 Å². The summed E-state index contributed by atoms with van der Waals surface area (Å²) >= 11 is 0. The van der Waals surface area contributed by atoms with Crippen molar-refractivity contribution < 1.29 is 30.0 Å². The largest absolute Gasteiger partial charge is 0.394 e. The zero-order chi connectivity index (χ0) is 16.9. The molecule has 6 nitrogen and oxygen atoms in total. The quantitative estimate of drug-likeness (QED) is 0.512. The Morgan fingerprint density at radius 2 is 1.68 bits per heavy atom. The number of ether oxygens (including phenoxy) is 1. The van der Waals surface area contributed by atoms with E-state index in [-0.39, 0.29) is 11.2 Å². The Morgan fingerprint density at radius 1 is 1.05 bits per heavy atom. The van der Waals surface area contributed by atoms with Crippen LogP contribution in [0.15, 0.2) is 0 Å². The zero-order valence-electron chi connectivity index (χ0n) is 13.7. The number of aliphatic hydroxyl groups is 4. The molecule has 5 atom stereocenters. The predicted octanol–water partition coefficient (Wildman–Crippen LogP) is 0.600. The summed E-state index contributed by atoms with van der Waals surface area (Å²) in [6, 6.07) is 0. The molecular formula is C16H30O6. The molecule has 1 heterocycles. The van der Waals surface area contributed by atoms with Crippen molar-refractivity contribution in [3.63, 3.8) is 0 Å². The number of ketones is 1. The Morgan fingerprint density at radius 3 is 2.23 bits per heavy atom. The summed E-state index contributed by atoms with van der Waals surface area (Å²) in [6.45, 7) is 5.26. The summed E-state index contributed by atoms with van der Waals surface area (Å²) in [6.07, 6.45) is -1.09. The summed E-state index contributed by atoms with van der Waals surface area (Å²) in [5.41, 5.74) is -0.312. The summed E-state index contributed by atoms with van der Waals surface area (Å²) in [5.74, 6) is -0.342. The molecule has 4 N–H and O–H groups in total. The smallest absolute Gasteiger partial charge is 0.160 e. The minimum absolute atomic E-state index is 0.231. The van der Waals surface area contributed by atoms with Crippen LogP contribution >= 0.6 is 0 Å². The minimum atomic E-state index is -1.19. The Labute approximate surface area is 132 Å². The molecule has 1 aliphatic heterocycles. The normalized spacial score (nSPS) is 33.0. The van der Waals surface area contributed by atoms with Gasteiger partial charge in [0.2, 0.25) is 0 Å². The van der Waals surface area contributed by atoms with Crippen LogP contribution in [0.5, 0.6) is 0 Å². The number of aliphatic hydroxyl groups excluding tert-OH is 4. The van der Waals surface area contributed by atoms with Gasteiger partial charge in [0.15, 0.2) is 6.29 Å². The van der Waals surface area contributed by atoms with Crippen LogP contribution in [0.4, 0.5) is 0 Å². The maximum absolute atomic E-state index is 11.8. The summed E-state index contributed by atoms with van der Waals surface area (Å²) in [5, 5.41) is 38.7. The SMILES string of the molecule is CC(C)(C)C(=O)CCCCCC1C(O)OC(CO)C(O)C1O. The Hall–Kier alpha value is -0.530. The highest BCUT2D eigenvalue weighted by molar-refractivity contribution is 5.83. The molecule has 0 aromatic carbocycles. The van der Waals surface area contributed by atoms with Gasteiger partial charge in [-0.05, 0) is 12.8 Å². The number of rotatable bonds is 7. The second-order valence-electron chi connectivity index (χ2n) is 7.17. The van der Waals surface area contributed by atoms with Crippen LogP contribution < -0.4 is 0 Å². The lowest BCUT2D eigenvalue weighted by Gasteiger charge is -2.40. The molecule has 6 heteroatoms. The van der Waals surface area contributed by atoms with Gasteiger partial charge < -0.3 is 25.2 Å². The summed E-state index contributed by atoms with van der Waals surface area (Å²) < 4.78 is 5.11. The second kappa shape index (κ2) is 8.36. The standard InChI is InChI=1S/C16H30O6/c1-16(2,3)12(18)8-6-4-5-7-10-13(19)14(20)11(9-17)22-15(10)21/h10-11,13-15,17,19-21H,4-9H2,1-3H3. The molecule has 1 aliphatic rings. The van der Waals surface area contributed by atoms with Crippen molar-refractivity contribution in [1.82, 2.24) is 0 Å². The molecule has 0 aromatic heterocycles. The fraction of sp³-hybridized carbons (Fsp3) is 0.938. The molecule has 22 heavy (non-hydrogen) atoms. The molecule has 5 unspecified atom stereocenters. The molecule has 1 rings (SSSR count). The first-order valence-electron chi connectivity index (χ1n) is 8.02. The van der Waals surface area contributed by atoms with Crippen LogP contribution in [-0.4, -0.2) is 57.4 Å². The van der Waals surface area contributed by atoms with Gasteiger partial charge >= 0.3 is 0 Å². The first-order valence-corrected chi connectivity index (χ1v) is 8.02. The average Bonchev–Trinajstić information content (AvgIpc) is 2.44. The molecule has 0 radical (unpaired) electrons. The van der Waals surface area contributed by atoms with E-state index in [1.807, 2.05) is 20.8 Å². The van der Waals surface area contributed by atoms with Crippen LogP contribution in [0, 0.1) is 11.3 Å². The fourth-order valence-electron chi connectivity index (χ4n) is 2.68. The highest BCUT2D eigenvalue weighted by atomic mass is 16.6. The lowest BCUT2D eigenvalue weighted by Crippen LogP contribution is -2.55. The van der Waals surface area contributed by atoms with E-state index in [0.717, 1.165) is 19.3 Å². The topological polar surface area (TPSA) is 107 Å². The van der Waals surface area contributed by atoms with Crippen LogP contribution in [0.25, 0.3) is 0 Å². The van der Waals surface area contributed by atoms with E-state index in [9.17, 15) is 20.1 Å². The third-order valence-corrected chi connectivity index (χ3v) is 4.31. The molecule has 0 bridgehead atoms. The van der Waals surface area contributed by atoms with Crippen molar-refractivity contribution in [2.75, 3.05) is 6.61 Å². The zero-order valence-corrected chi connectivity index (χ0v) is 13.7. The third kappa shape index (κ3) is 5.28. The summed E-state index contributed by atoms with van der Waals surface area (Å²) in [4.78, 5) is 11.8. The van der Waals surface area contributed by atoms with Gasteiger partial charge in [-0.15, -0.1) is 0 Å². The van der Waals surface area contributed by atoms with Gasteiger partial charge in [0.25, 0.3) is 0 Å². The van der Waals surface area contributed by atoms with Crippen LogP contribution in [-0.2, 0) is 9.53 Å². The van der Waals surface area contributed by atoms with E-state index < -0.39 is 37.1 Å². The van der Waals surface area contributed by atoms with E-state index in [1.54, 1.807) is 0 Å². The Balaban J connectivity index is 2.31. The lowest BCUT2D eigenvalue weighted by molar-refractivity contribution is -0.271. The molecule has 1 fully saturated rings. The van der Waals surface area contributed by atoms with Crippen LogP contribution in [0.3, 0.4) is 0 Å². The molecular weight excluding hydrogens is 288 g/mol. The first-order chi connectivity index (χ1) is 10.2. The number of Topliss-reactive ketones (excluding diaryl/α,β-unsaturated/α-hetero) is 1. The van der Waals surface area contributed by atoms with E-state index >= 15 is 0 Å². The predicted molar refractivity (Wildman–Crippen MR) is 81.0 cm³/mol. The van der Waals surface area contributed by atoms with E-state index in [2.05, 4.69) is 0 Å². The molecule has 130 valence electrons. The van der Waals surface area contributed by atoms with Crippen LogP contribution in [0.1, 0.15) is 52.9 Å². The fourth-order valence-corrected chi connectivity index (χ4v) is 2.68. The monoisotopic (exact) mass is 318 g/mol. The first kappa shape index (κ1) is 19.5. The van der Waals surface area contributed by atoms with Gasteiger partial charge in [-0.25, -0.2) is 0 Å². The number of hydrogen-bond donors (Lipinski definition) is 4. The third-order valence-electron chi connectivity index (χ3n) is 4.31. The average molecular weight is 318 g/mol. The summed E-state index contributed by atoms with van der Waals surface area (Å²) in [7, 11) is 0. The molecule has 1 saturated heterocycles. The number of unbranched alkanes of at least 4 members (excludes halogenated alkanes) is 2. The molecule has 0 saturated carbocycles.